The Labute approximate surface area is 108 Å². The van der Waals surface area contributed by atoms with E-state index in [0.717, 1.165) is 0 Å². The molecule has 0 amide bonds. The van der Waals surface area contributed by atoms with Crippen LogP contribution in [0.25, 0.3) is 0 Å². The number of carbonyl (C=O) groups is 3. The second-order valence-electron chi connectivity index (χ2n) is 4.16. The molecule has 1 atom stereocenters. The molecule has 1 unspecified atom stereocenters. The molecule has 6 heteroatoms. The van der Waals surface area contributed by atoms with Gasteiger partial charge in [-0.05, 0) is 6.92 Å². The van der Waals surface area contributed by atoms with Gasteiger partial charge in [-0.2, -0.15) is 0 Å². The number of hydrogen-bond acceptors (Lipinski definition) is 6. The van der Waals surface area contributed by atoms with E-state index in [-0.39, 0.29) is 22.6 Å². The molecule has 1 aromatic carbocycles. The number of ether oxygens (including phenoxy) is 2. The molecular formula is C13H12O6. The van der Waals surface area contributed by atoms with Crippen LogP contribution in [0.5, 0.6) is 17.2 Å². The summed E-state index contributed by atoms with van der Waals surface area (Å²) in [6, 6.07) is 1.19. The van der Waals surface area contributed by atoms with E-state index >= 15 is 0 Å². The zero-order chi connectivity index (χ0) is 14.3. The van der Waals surface area contributed by atoms with Crippen LogP contribution in [0.15, 0.2) is 6.07 Å². The van der Waals surface area contributed by atoms with Gasteiger partial charge in [-0.25, -0.2) is 0 Å². The van der Waals surface area contributed by atoms with E-state index in [1.807, 2.05) is 0 Å². The number of phenols is 1. The molecule has 0 bridgehead atoms. The molecule has 2 rings (SSSR count). The molecule has 0 spiro atoms. The van der Waals surface area contributed by atoms with Gasteiger partial charge < -0.3 is 14.6 Å². The van der Waals surface area contributed by atoms with Crippen LogP contribution in [0.2, 0.25) is 0 Å². The van der Waals surface area contributed by atoms with Crippen LogP contribution in [-0.4, -0.2) is 36.7 Å². The largest absolute Gasteiger partial charge is 0.507 e. The lowest BCUT2D eigenvalue weighted by molar-refractivity contribution is -0.117. The lowest BCUT2D eigenvalue weighted by Gasteiger charge is -2.22. The Kier molecular flexibility index (Phi) is 3.01. The third-order valence-corrected chi connectivity index (χ3v) is 3.13. The zero-order valence-corrected chi connectivity index (χ0v) is 10.6. The average molecular weight is 264 g/mol. The Morgan fingerprint density at radius 3 is 2.21 bits per heavy atom. The minimum absolute atomic E-state index is 0.0195. The van der Waals surface area contributed by atoms with Crippen molar-refractivity contribution in [2.75, 3.05) is 14.2 Å². The third kappa shape index (κ3) is 1.68. The van der Waals surface area contributed by atoms with Crippen molar-refractivity contribution in [3.8, 4) is 17.2 Å². The highest BCUT2D eigenvalue weighted by atomic mass is 16.5. The van der Waals surface area contributed by atoms with Crippen LogP contribution < -0.4 is 9.47 Å². The molecular weight excluding hydrogens is 252 g/mol. The first kappa shape index (κ1) is 13.1. The maximum atomic E-state index is 12.0. The lowest BCUT2D eigenvalue weighted by Crippen LogP contribution is -2.35. The first-order valence-electron chi connectivity index (χ1n) is 5.54. The highest BCUT2D eigenvalue weighted by molar-refractivity contribution is 6.52. The predicted octanol–water partition coefficient (Wildman–Crippen LogP) is 0.994. The standard InChI is InChI=1S/C13H12O6/c1-5-10(15)8-6(14)4-7(18-2)13(19-3)9(8)12(17)11(5)16/h4-5,14H,1-3H3. The molecule has 1 N–H and O–H groups in total. The Morgan fingerprint density at radius 1 is 1.05 bits per heavy atom. The van der Waals surface area contributed by atoms with Crippen molar-refractivity contribution in [3.63, 3.8) is 0 Å². The topological polar surface area (TPSA) is 89.9 Å². The summed E-state index contributed by atoms with van der Waals surface area (Å²) in [6.45, 7) is 1.33. The number of hydrogen-bond donors (Lipinski definition) is 1. The average Bonchev–Trinajstić information content (AvgIpc) is 2.41. The first-order valence-corrected chi connectivity index (χ1v) is 5.54. The molecule has 19 heavy (non-hydrogen) atoms. The Hall–Kier alpha value is -2.37. The fourth-order valence-electron chi connectivity index (χ4n) is 2.10. The Balaban J connectivity index is 2.86. The monoisotopic (exact) mass is 264 g/mol. The maximum Gasteiger partial charge on any atom is 0.234 e. The van der Waals surface area contributed by atoms with Crippen LogP contribution >= 0.6 is 0 Å². The quantitative estimate of drug-likeness (QED) is 0.633. The molecule has 6 nitrogen and oxygen atoms in total. The number of methoxy groups -OCH3 is 2. The van der Waals surface area contributed by atoms with Gasteiger partial charge in [0.15, 0.2) is 17.3 Å². The molecule has 1 aromatic rings. The Bertz CT molecular complexity index is 602. The van der Waals surface area contributed by atoms with Gasteiger partial charge in [-0.15, -0.1) is 0 Å². The van der Waals surface area contributed by atoms with Gasteiger partial charge in [0.05, 0.1) is 31.3 Å². The smallest absolute Gasteiger partial charge is 0.234 e. The van der Waals surface area contributed by atoms with E-state index in [1.54, 1.807) is 0 Å². The second kappa shape index (κ2) is 4.38. The minimum atomic E-state index is -1.09. The van der Waals surface area contributed by atoms with Crippen molar-refractivity contribution in [2.45, 2.75) is 6.92 Å². The third-order valence-electron chi connectivity index (χ3n) is 3.13. The van der Waals surface area contributed by atoms with Crippen molar-refractivity contribution in [2.24, 2.45) is 5.92 Å². The highest BCUT2D eigenvalue weighted by Gasteiger charge is 2.42. The molecule has 0 heterocycles. The summed E-state index contributed by atoms with van der Waals surface area (Å²) in [5, 5.41) is 9.86. The number of rotatable bonds is 2. The number of ketones is 3. The van der Waals surface area contributed by atoms with E-state index in [9.17, 15) is 19.5 Å². The van der Waals surface area contributed by atoms with Gasteiger partial charge in [0.2, 0.25) is 11.6 Å². The lowest BCUT2D eigenvalue weighted by atomic mass is 9.80. The van der Waals surface area contributed by atoms with Crippen molar-refractivity contribution in [1.29, 1.82) is 0 Å². The number of benzene rings is 1. The highest BCUT2D eigenvalue weighted by Crippen LogP contribution is 2.42. The summed E-state index contributed by atoms with van der Waals surface area (Å²) >= 11 is 0. The van der Waals surface area contributed by atoms with E-state index < -0.39 is 29.0 Å². The van der Waals surface area contributed by atoms with Crippen LogP contribution in [0.3, 0.4) is 0 Å². The van der Waals surface area contributed by atoms with E-state index in [0.29, 0.717) is 0 Å². The molecule has 100 valence electrons. The maximum absolute atomic E-state index is 12.0. The Morgan fingerprint density at radius 2 is 1.68 bits per heavy atom. The number of phenolic OH excluding ortho intramolecular Hbond substituents is 1. The summed E-state index contributed by atoms with van der Waals surface area (Å²) in [5.74, 6) is -3.69. The van der Waals surface area contributed by atoms with Gasteiger partial charge in [-0.1, -0.05) is 0 Å². The van der Waals surface area contributed by atoms with Crippen molar-refractivity contribution in [1.82, 2.24) is 0 Å². The fourth-order valence-corrected chi connectivity index (χ4v) is 2.10. The van der Waals surface area contributed by atoms with E-state index in [2.05, 4.69) is 0 Å². The fraction of sp³-hybridized carbons (Fsp3) is 0.308. The number of Topliss-reactive ketones (excluding diaryl/α,β-unsaturated/α-hetero) is 3. The predicted molar refractivity (Wildman–Crippen MR) is 64.0 cm³/mol. The molecule has 0 radical (unpaired) electrons. The van der Waals surface area contributed by atoms with Crippen LogP contribution in [0.4, 0.5) is 0 Å². The van der Waals surface area contributed by atoms with E-state index in [1.165, 1.54) is 27.2 Å². The number of fused-ring (bicyclic) bond motifs is 1. The van der Waals surface area contributed by atoms with Crippen LogP contribution in [0, 0.1) is 5.92 Å². The first-order chi connectivity index (χ1) is 8.93. The molecule has 0 aromatic heterocycles. The normalized spacial score (nSPS) is 18.3. The van der Waals surface area contributed by atoms with Crippen LogP contribution in [0.1, 0.15) is 27.6 Å². The SMILES string of the molecule is COc1cc(O)c2c(c1OC)C(=O)C(=O)C(C)C2=O. The van der Waals surface area contributed by atoms with Crippen molar-refractivity contribution >= 4 is 17.3 Å². The molecule has 1 aliphatic carbocycles. The molecule has 0 saturated carbocycles. The second-order valence-corrected chi connectivity index (χ2v) is 4.16. The van der Waals surface area contributed by atoms with Crippen molar-refractivity contribution in [3.05, 3.63) is 17.2 Å². The molecule has 0 aliphatic heterocycles. The molecule has 0 saturated heterocycles. The van der Waals surface area contributed by atoms with Crippen molar-refractivity contribution < 1.29 is 29.0 Å². The minimum Gasteiger partial charge on any atom is -0.507 e. The summed E-state index contributed by atoms with van der Waals surface area (Å²) in [4.78, 5) is 35.8. The van der Waals surface area contributed by atoms with Gasteiger partial charge in [0.1, 0.15) is 5.75 Å². The van der Waals surface area contributed by atoms with E-state index in [4.69, 9.17) is 9.47 Å². The number of carbonyl (C=O) groups excluding carboxylic acids is 3. The molecule has 0 fully saturated rings. The van der Waals surface area contributed by atoms with Gasteiger partial charge >= 0.3 is 0 Å². The van der Waals surface area contributed by atoms with Crippen LogP contribution in [-0.2, 0) is 4.79 Å². The molecule has 1 aliphatic rings. The zero-order valence-electron chi connectivity index (χ0n) is 10.6. The summed E-state index contributed by atoms with van der Waals surface area (Å²) < 4.78 is 10.00. The van der Waals surface area contributed by atoms with Gasteiger partial charge in [-0.3, -0.25) is 14.4 Å². The summed E-state index contributed by atoms with van der Waals surface area (Å²) in [6.07, 6.45) is 0. The number of aromatic hydroxyl groups is 1. The van der Waals surface area contributed by atoms with Gasteiger partial charge in [0, 0.05) is 6.07 Å². The summed E-state index contributed by atoms with van der Waals surface area (Å²) in [5.41, 5.74) is -0.415. The van der Waals surface area contributed by atoms with Gasteiger partial charge in [0.25, 0.3) is 0 Å². The summed E-state index contributed by atoms with van der Waals surface area (Å²) in [7, 11) is 2.61.